The van der Waals surface area contributed by atoms with Gasteiger partial charge >= 0.3 is 0 Å². The van der Waals surface area contributed by atoms with Crippen LogP contribution in [0.5, 0.6) is 0 Å². The summed E-state index contributed by atoms with van der Waals surface area (Å²) in [6, 6.07) is 7.18. The van der Waals surface area contributed by atoms with Crippen LogP contribution >= 0.6 is 0 Å². The van der Waals surface area contributed by atoms with Crippen LogP contribution in [0.2, 0.25) is 0 Å². The summed E-state index contributed by atoms with van der Waals surface area (Å²) in [7, 11) is 0. The van der Waals surface area contributed by atoms with E-state index in [4.69, 9.17) is 0 Å². The second-order valence-electron chi connectivity index (χ2n) is 8.13. The zero-order chi connectivity index (χ0) is 14.5. The van der Waals surface area contributed by atoms with Crippen LogP contribution in [0.1, 0.15) is 32.1 Å². The van der Waals surface area contributed by atoms with Crippen LogP contribution in [0, 0.1) is 23.7 Å². The lowest BCUT2D eigenvalue weighted by molar-refractivity contribution is -0.0665. The predicted octanol–water partition coefficient (Wildman–Crippen LogP) is 3.03. The van der Waals surface area contributed by atoms with Crippen LogP contribution in [-0.4, -0.2) is 42.1 Å². The molecule has 22 heavy (non-hydrogen) atoms. The smallest absolute Gasteiger partial charge is 0.128 e. The zero-order valence-electron chi connectivity index (χ0n) is 13.4. The third kappa shape index (κ3) is 2.17. The molecule has 0 spiro atoms. The molecule has 3 nitrogen and oxygen atoms in total. The summed E-state index contributed by atoms with van der Waals surface area (Å²) >= 11 is 0. The molecule has 1 aromatic rings. The molecule has 4 aliphatic carbocycles. The molecule has 5 aliphatic rings. The fourth-order valence-electron chi connectivity index (χ4n) is 6.28. The molecule has 0 radical (unpaired) electrons. The molecule has 6 rings (SSSR count). The number of anilines is 1. The van der Waals surface area contributed by atoms with Gasteiger partial charge in [-0.3, -0.25) is 4.90 Å². The van der Waals surface area contributed by atoms with Crippen LogP contribution in [0.25, 0.3) is 0 Å². The highest BCUT2D eigenvalue weighted by atomic mass is 15.3. The van der Waals surface area contributed by atoms with Crippen LogP contribution in [0.15, 0.2) is 24.4 Å². The highest BCUT2D eigenvalue weighted by molar-refractivity contribution is 5.38. The standard InChI is InChI=1S/C19H27N3/c1-2-4-20-18(3-1)21-5-7-22(8-6-21)19-16-10-14-9-15(12-16)13-17(19)11-14/h1-4,14-17,19H,5-13H2. The number of hydrogen-bond acceptors (Lipinski definition) is 3. The Bertz CT molecular complexity index is 493. The molecule has 0 N–H and O–H groups in total. The summed E-state index contributed by atoms with van der Waals surface area (Å²) < 4.78 is 0. The minimum atomic E-state index is 0.915. The van der Waals surface area contributed by atoms with Gasteiger partial charge in [-0.2, -0.15) is 0 Å². The topological polar surface area (TPSA) is 19.4 Å². The molecule has 118 valence electrons. The van der Waals surface area contributed by atoms with Gasteiger partial charge in [0.15, 0.2) is 0 Å². The van der Waals surface area contributed by atoms with Gasteiger partial charge in [-0.15, -0.1) is 0 Å². The molecular formula is C19H27N3. The number of hydrogen-bond donors (Lipinski definition) is 0. The molecule has 4 bridgehead atoms. The fourth-order valence-corrected chi connectivity index (χ4v) is 6.28. The Hall–Kier alpha value is -1.09. The fraction of sp³-hybridized carbons (Fsp3) is 0.737. The molecular weight excluding hydrogens is 270 g/mol. The normalized spacial score (nSPS) is 41.1. The summed E-state index contributed by atoms with van der Waals surface area (Å²) in [6.45, 7) is 4.78. The van der Waals surface area contributed by atoms with Gasteiger partial charge in [-0.05, 0) is 67.9 Å². The molecule has 0 aromatic carbocycles. The lowest BCUT2D eigenvalue weighted by atomic mass is 9.54. The van der Waals surface area contributed by atoms with Gasteiger partial charge in [0, 0.05) is 38.4 Å². The van der Waals surface area contributed by atoms with E-state index in [2.05, 4.69) is 26.9 Å². The molecule has 0 atom stereocenters. The van der Waals surface area contributed by atoms with Crippen molar-refractivity contribution in [1.82, 2.24) is 9.88 Å². The minimum Gasteiger partial charge on any atom is -0.354 e. The summed E-state index contributed by atoms with van der Waals surface area (Å²) in [4.78, 5) is 9.84. The van der Waals surface area contributed by atoms with Gasteiger partial charge in [0.05, 0.1) is 0 Å². The van der Waals surface area contributed by atoms with E-state index >= 15 is 0 Å². The molecule has 0 amide bonds. The lowest BCUT2D eigenvalue weighted by Crippen LogP contribution is -2.60. The molecule has 2 heterocycles. The third-order valence-electron chi connectivity index (χ3n) is 6.89. The van der Waals surface area contributed by atoms with Gasteiger partial charge in [0.2, 0.25) is 0 Å². The van der Waals surface area contributed by atoms with Crippen molar-refractivity contribution < 1.29 is 0 Å². The van der Waals surface area contributed by atoms with Crippen molar-refractivity contribution in [2.45, 2.75) is 38.1 Å². The molecule has 5 fully saturated rings. The van der Waals surface area contributed by atoms with Crippen molar-refractivity contribution in [3.8, 4) is 0 Å². The first kappa shape index (κ1) is 13.4. The van der Waals surface area contributed by atoms with Crippen LogP contribution in [-0.2, 0) is 0 Å². The molecule has 0 unspecified atom stereocenters. The Balaban J connectivity index is 1.27. The Morgan fingerprint density at radius 3 is 2.09 bits per heavy atom. The van der Waals surface area contributed by atoms with E-state index in [1.807, 2.05) is 12.3 Å². The molecule has 1 saturated heterocycles. The van der Waals surface area contributed by atoms with Gasteiger partial charge in [0.25, 0.3) is 0 Å². The van der Waals surface area contributed by atoms with Crippen LogP contribution < -0.4 is 4.90 Å². The van der Waals surface area contributed by atoms with Gasteiger partial charge in [-0.25, -0.2) is 4.98 Å². The van der Waals surface area contributed by atoms with E-state index in [9.17, 15) is 0 Å². The van der Waals surface area contributed by atoms with E-state index in [-0.39, 0.29) is 0 Å². The summed E-state index contributed by atoms with van der Waals surface area (Å²) in [5.74, 6) is 5.39. The Morgan fingerprint density at radius 1 is 0.818 bits per heavy atom. The number of aromatic nitrogens is 1. The Kier molecular flexibility index (Phi) is 3.17. The van der Waals surface area contributed by atoms with Gasteiger partial charge in [-0.1, -0.05) is 6.07 Å². The predicted molar refractivity (Wildman–Crippen MR) is 88.9 cm³/mol. The van der Waals surface area contributed by atoms with Crippen molar-refractivity contribution in [1.29, 1.82) is 0 Å². The van der Waals surface area contributed by atoms with E-state index < -0.39 is 0 Å². The number of rotatable bonds is 2. The highest BCUT2D eigenvalue weighted by Gasteiger charge is 2.50. The maximum Gasteiger partial charge on any atom is 0.128 e. The van der Waals surface area contributed by atoms with Gasteiger partial charge in [0.1, 0.15) is 5.82 Å². The summed E-state index contributed by atoms with van der Waals surface area (Å²) in [5.41, 5.74) is 0. The second-order valence-corrected chi connectivity index (χ2v) is 8.13. The van der Waals surface area contributed by atoms with Crippen LogP contribution in [0.3, 0.4) is 0 Å². The minimum absolute atomic E-state index is 0.915. The molecule has 1 aromatic heterocycles. The van der Waals surface area contributed by atoms with E-state index in [0.717, 1.165) is 48.6 Å². The molecule has 4 saturated carbocycles. The Morgan fingerprint density at radius 2 is 1.50 bits per heavy atom. The first-order chi connectivity index (χ1) is 10.9. The summed E-state index contributed by atoms with van der Waals surface area (Å²) in [6.07, 6.45) is 9.64. The number of pyridine rings is 1. The first-order valence-corrected chi connectivity index (χ1v) is 9.27. The van der Waals surface area contributed by atoms with Crippen molar-refractivity contribution >= 4 is 5.82 Å². The zero-order valence-corrected chi connectivity index (χ0v) is 13.4. The van der Waals surface area contributed by atoms with E-state index in [1.165, 1.54) is 38.8 Å². The highest BCUT2D eigenvalue weighted by Crippen LogP contribution is 2.55. The van der Waals surface area contributed by atoms with Crippen molar-refractivity contribution in [2.24, 2.45) is 23.7 Å². The summed E-state index contributed by atoms with van der Waals surface area (Å²) in [5, 5.41) is 0. The number of piperazine rings is 1. The van der Waals surface area contributed by atoms with E-state index in [1.54, 1.807) is 6.42 Å². The molecule has 3 heteroatoms. The van der Waals surface area contributed by atoms with E-state index in [0.29, 0.717) is 0 Å². The monoisotopic (exact) mass is 297 g/mol. The largest absolute Gasteiger partial charge is 0.354 e. The Labute approximate surface area is 133 Å². The third-order valence-corrected chi connectivity index (χ3v) is 6.89. The van der Waals surface area contributed by atoms with Crippen molar-refractivity contribution in [3.63, 3.8) is 0 Å². The number of nitrogens with zero attached hydrogens (tertiary/aromatic N) is 3. The quantitative estimate of drug-likeness (QED) is 0.836. The maximum atomic E-state index is 4.52. The van der Waals surface area contributed by atoms with Crippen molar-refractivity contribution in [3.05, 3.63) is 24.4 Å². The average molecular weight is 297 g/mol. The average Bonchev–Trinajstić information content (AvgIpc) is 2.55. The van der Waals surface area contributed by atoms with Crippen molar-refractivity contribution in [2.75, 3.05) is 31.1 Å². The second kappa shape index (κ2) is 5.23. The molecule has 1 aliphatic heterocycles. The first-order valence-electron chi connectivity index (χ1n) is 9.27. The SMILES string of the molecule is c1ccc(N2CCN(C3C4CC5CC(C4)CC3C5)CC2)nc1. The van der Waals surface area contributed by atoms with Crippen LogP contribution in [0.4, 0.5) is 5.82 Å². The van der Waals surface area contributed by atoms with Gasteiger partial charge < -0.3 is 4.90 Å². The lowest BCUT2D eigenvalue weighted by Gasteiger charge is -2.58. The maximum absolute atomic E-state index is 4.52.